The van der Waals surface area contributed by atoms with Gasteiger partial charge in [-0.1, -0.05) is 17.7 Å². The van der Waals surface area contributed by atoms with Crippen molar-refractivity contribution in [1.29, 1.82) is 0 Å². The number of non-ortho nitro benzene ring substituents is 1. The molecule has 6 nitrogen and oxygen atoms in total. The topological polar surface area (TPSA) is 91.3 Å². The number of nitro benzene ring substituents is 1. The lowest BCUT2D eigenvalue weighted by atomic mass is 10.1. The number of benzene rings is 1. The van der Waals surface area contributed by atoms with Crippen molar-refractivity contribution in [2.24, 2.45) is 5.73 Å². The first-order chi connectivity index (χ1) is 9.49. The highest BCUT2D eigenvalue weighted by Gasteiger charge is 2.15. The maximum Gasteiger partial charge on any atom is 0.273 e. The van der Waals surface area contributed by atoms with Gasteiger partial charge in [-0.25, -0.2) is 4.98 Å². The summed E-state index contributed by atoms with van der Waals surface area (Å²) in [4.78, 5) is 14.3. The molecule has 0 saturated heterocycles. The van der Waals surface area contributed by atoms with Gasteiger partial charge in [0.1, 0.15) is 0 Å². The van der Waals surface area contributed by atoms with Crippen molar-refractivity contribution < 1.29 is 9.66 Å². The van der Waals surface area contributed by atoms with Gasteiger partial charge >= 0.3 is 0 Å². The van der Waals surface area contributed by atoms with Crippen LogP contribution in [0, 0.1) is 10.1 Å². The van der Waals surface area contributed by atoms with Gasteiger partial charge in [0.05, 0.1) is 16.0 Å². The number of halogens is 1. The van der Waals surface area contributed by atoms with E-state index in [2.05, 4.69) is 4.98 Å². The summed E-state index contributed by atoms with van der Waals surface area (Å²) in [5, 5.41) is 11.0. The van der Waals surface area contributed by atoms with Gasteiger partial charge < -0.3 is 10.5 Å². The Morgan fingerprint density at radius 1 is 1.45 bits per heavy atom. The summed E-state index contributed by atoms with van der Waals surface area (Å²) in [7, 11) is 0. The zero-order valence-electron chi connectivity index (χ0n) is 10.6. The third kappa shape index (κ3) is 3.04. The molecule has 0 spiro atoms. The maximum atomic E-state index is 10.8. The second kappa shape index (κ2) is 5.85. The Labute approximate surface area is 120 Å². The van der Waals surface area contributed by atoms with Gasteiger partial charge in [0, 0.05) is 23.9 Å². The molecular weight excluding hydrogens is 282 g/mol. The van der Waals surface area contributed by atoms with Crippen molar-refractivity contribution in [3.05, 3.63) is 57.2 Å². The molecule has 0 aliphatic carbocycles. The van der Waals surface area contributed by atoms with Gasteiger partial charge in [0.15, 0.2) is 5.75 Å². The average Bonchev–Trinajstić information content (AvgIpc) is 2.41. The van der Waals surface area contributed by atoms with Gasteiger partial charge in [-0.05, 0) is 19.1 Å². The number of hydrogen-bond acceptors (Lipinski definition) is 5. The highest BCUT2D eigenvalue weighted by Crippen LogP contribution is 2.34. The molecule has 0 bridgehead atoms. The number of hydrogen-bond donors (Lipinski definition) is 1. The van der Waals surface area contributed by atoms with E-state index in [4.69, 9.17) is 22.1 Å². The van der Waals surface area contributed by atoms with Crippen molar-refractivity contribution >= 4 is 17.3 Å². The zero-order valence-corrected chi connectivity index (χ0v) is 11.4. The Kier molecular flexibility index (Phi) is 4.16. The smallest absolute Gasteiger partial charge is 0.273 e. The second-order valence-electron chi connectivity index (χ2n) is 4.16. The Morgan fingerprint density at radius 3 is 2.85 bits per heavy atom. The molecule has 1 heterocycles. The lowest BCUT2D eigenvalue weighted by molar-refractivity contribution is -0.384. The Balaban J connectivity index is 2.40. The monoisotopic (exact) mass is 293 g/mol. The van der Waals surface area contributed by atoms with Crippen molar-refractivity contribution in [2.45, 2.75) is 13.0 Å². The molecule has 0 saturated carbocycles. The number of aromatic nitrogens is 1. The van der Waals surface area contributed by atoms with E-state index in [-0.39, 0.29) is 28.4 Å². The van der Waals surface area contributed by atoms with Crippen LogP contribution >= 0.6 is 11.6 Å². The quantitative estimate of drug-likeness (QED) is 0.688. The molecule has 0 radical (unpaired) electrons. The van der Waals surface area contributed by atoms with Gasteiger partial charge in [-0.15, -0.1) is 0 Å². The standard InChI is InChI=1S/C13H12ClN3O3/c1-8(15)10-3-2-6-16-13(10)20-12-7-9(17(18)19)4-5-11(12)14/h2-8H,15H2,1H3/t8-/m1/s1. The Bertz CT molecular complexity index is 647. The third-order valence-corrected chi connectivity index (χ3v) is 2.94. The first-order valence-electron chi connectivity index (χ1n) is 5.81. The predicted molar refractivity (Wildman–Crippen MR) is 75.0 cm³/mol. The molecule has 20 heavy (non-hydrogen) atoms. The SMILES string of the molecule is C[C@@H](N)c1cccnc1Oc1cc([N+](=O)[O-])ccc1Cl. The van der Waals surface area contributed by atoms with Crippen LogP contribution in [0.1, 0.15) is 18.5 Å². The molecule has 0 aliphatic heterocycles. The minimum Gasteiger partial charge on any atom is -0.437 e. The molecule has 2 aromatic rings. The number of nitro groups is 1. The van der Waals surface area contributed by atoms with E-state index in [1.807, 2.05) is 0 Å². The molecule has 0 aliphatic rings. The molecule has 1 atom stereocenters. The summed E-state index contributed by atoms with van der Waals surface area (Å²) >= 11 is 5.98. The van der Waals surface area contributed by atoms with Crippen molar-refractivity contribution in [2.75, 3.05) is 0 Å². The van der Waals surface area contributed by atoms with Crippen LogP contribution in [-0.4, -0.2) is 9.91 Å². The van der Waals surface area contributed by atoms with Crippen LogP contribution < -0.4 is 10.5 Å². The van der Waals surface area contributed by atoms with Crippen LogP contribution in [0.5, 0.6) is 11.6 Å². The molecule has 1 aromatic heterocycles. The molecule has 0 amide bonds. The highest BCUT2D eigenvalue weighted by atomic mass is 35.5. The van der Waals surface area contributed by atoms with Crippen LogP contribution in [0.4, 0.5) is 5.69 Å². The molecule has 0 fully saturated rings. The van der Waals surface area contributed by atoms with Gasteiger partial charge in [0.25, 0.3) is 5.69 Å². The number of nitrogens with zero attached hydrogens (tertiary/aromatic N) is 2. The zero-order chi connectivity index (χ0) is 14.7. The van der Waals surface area contributed by atoms with Gasteiger partial charge in [-0.3, -0.25) is 10.1 Å². The second-order valence-corrected chi connectivity index (χ2v) is 4.57. The normalized spacial score (nSPS) is 11.9. The predicted octanol–water partition coefficient (Wildman–Crippen LogP) is 3.46. The molecular formula is C13H12ClN3O3. The first kappa shape index (κ1) is 14.2. The fourth-order valence-corrected chi connectivity index (χ4v) is 1.78. The van der Waals surface area contributed by atoms with E-state index in [9.17, 15) is 10.1 Å². The van der Waals surface area contributed by atoms with E-state index in [1.54, 1.807) is 25.3 Å². The Morgan fingerprint density at radius 2 is 2.20 bits per heavy atom. The summed E-state index contributed by atoms with van der Waals surface area (Å²) in [5.41, 5.74) is 6.40. The van der Waals surface area contributed by atoms with Crippen molar-refractivity contribution in [1.82, 2.24) is 4.98 Å². The minimum absolute atomic E-state index is 0.109. The lowest BCUT2D eigenvalue weighted by Crippen LogP contribution is -2.07. The van der Waals surface area contributed by atoms with E-state index in [0.29, 0.717) is 5.56 Å². The fraction of sp³-hybridized carbons (Fsp3) is 0.154. The number of pyridine rings is 1. The Hall–Kier alpha value is -2.18. The summed E-state index contributed by atoms with van der Waals surface area (Å²) in [6.07, 6.45) is 1.55. The maximum absolute atomic E-state index is 10.8. The molecule has 2 N–H and O–H groups in total. The van der Waals surface area contributed by atoms with Crippen LogP contribution in [-0.2, 0) is 0 Å². The van der Waals surface area contributed by atoms with E-state index in [1.165, 1.54) is 18.2 Å². The average molecular weight is 294 g/mol. The van der Waals surface area contributed by atoms with Crippen LogP contribution in [0.3, 0.4) is 0 Å². The van der Waals surface area contributed by atoms with Crippen LogP contribution in [0.15, 0.2) is 36.5 Å². The van der Waals surface area contributed by atoms with Gasteiger partial charge in [0.2, 0.25) is 5.88 Å². The number of rotatable bonds is 4. The summed E-state index contributed by atoms with van der Waals surface area (Å²) in [5.74, 6) is 0.450. The van der Waals surface area contributed by atoms with Crippen molar-refractivity contribution in [3.8, 4) is 11.6 Å². The number of nitrogens with two attached hydrogens (primary N) is 1. The van der Waals surface area contributed by atoms with E-state index in [0.717, 1.165) is 0 Å². The molecule has 0 unspecified atom stereocenters. The van der Waals surface area contributed by atoms with Gasteiger partial charge in [-0.2, -0.15) is 0 Å². The summed E-state index contributed by atoms with van der Waals surface area (Å²) < 4.78 is 5.56. The third-order valence-electron chi connectivity index (χ3n) is 2.62. The fourth-order valence-electron chi connectivity index (χ4n) is 1.62. The molecule has 104 valence electrons. The van der Waals surface area contributed by atoms with Crippen molar-refractivity contribution in [3.63, 3.8) is 0 Å². The highest BCUT2D eigenvalue weighted by molar-refractivity contribution is 6.32. The van der Waals surface area contributed by atoms with Crippen LogP contribution in [0.2, 0.25) is 5.02 Å². The largest absolute Gasteiger partial charge is 0.437 e. The molecule has 1 aromatic carbocycles. The summed E-state index contributed by atoms with van der Waals surface area (Å²) in [6, 6.07) is 7.20. The van der Waals surface area contributed by atoms with E-state index < -0.39 is 4.92 Å². The van der Waals surface area contributed by atoms with Crippen LogP contribution in [0.25, 0.3) is 0 Å². The first-order valence-corrected chi connectivity index (χ1v) is 6.19. The minimum atomic E-state index is -0.520. The van der Waals surface area contributed by atoms with E-state index >= 15 is 0 Å². The molecule has 7 heteroatoms. The molecule has 2 rings (SSSR count). The summed E-state index contributed by atoms with van der Waals surface area (Å²) in [6.45, 7) is 1.79. The lowest BCUT2D eigenvalue weighted by Gasteiger charge is -2.12. The number of ether oxygens (including phenoxy) is 1.